The predicted molar refractivity (Wildman–Crippen MR) is 69.9 cm³/mol. The molecule has 0 unspecified atom stereocenters. The second kappa shape index (κ2) is 6.62. The van der Waals surface area contributed by atoms with Crippen LogP contribution in [0.4, 0.5) is 0 Å². The average Bonchev–Trinajstić information content (AvgIpc) is 2.25. The van der Waals surface area contributed by atoms with E-state index in [2.05, 4.69) is 0 Å². The second-order valence-electron chi connectivity index (χ2n) is 4.16. The zero-order chi connectivity index (χ0) is 12.8. The van der Waals surface area contributed by atoms with Crippen molar-refractivity contribution in [3.05, 3.63) is 28.8 Å². The lowest BCUT2D eigenvalue weighted by atomic mass is 10.1. The van der Waals surface area contributed by atoms with Crippen LogP contribution in [0.15, 0.2) is 18.2 Å². The van der Waals surface area contributed by atoms with E-state index in [9.17, 15) is 4.79 Å². The highest BCUT2D eigenvalue weighted by atomic mass is 35.5. The van der Waals surface area contributed by atoms with Gasteiger partial charge in [0.2, 0.25) is 0 Å². The lowest BCUT2D eigenvalue weighted by molar-refractivity contribution is -0.117. The van der Waals surface area contributed by atoms with Gasteiger partial charge in [0.1, 0.15) is 11.5 Å². The van der Waals surface area contributed by atoms with Crippen LogP contribution in [0.2, 0.25) is 5.02 Å². The first-order valence-corrected chi connectivity index (χ1v) is 5.91. The summed E-state index contributed by atoms with van der Waals surface area (Å²) in [5.41, 5.74) is 1.14. The van der Waals surface area contributed by atoms with Gasteiger partial charge in [0.05, 0.1) is 18.7 Å². The maximum atomic E-state index is 10.9. The molecule has 0 N–H and O–H groups in total. The third-order valence-corrected chi connectivity index (χ3v) is 2.79. The Balaban J connectivity index is 2.52. The van der Waals surface area contributed by atoms with Crippen LogP contribution in [0.5, 0.6) is 5.75 Å². The lowest BCUT2D eigenvalue weighted by Crippen LogP contribution is -2.26. The summed E-state index contributed by atoms with van der Waals surface area (Å²) in [6.45, 7) is 2.92. The van der Waals surface area contributed by atoms with E-state index in [1.165, 1.54) is 0 Å². The largest absolute Gasteiger partial charge is 0.495 e. The molecule has 94 valence electrons. The molecule has 1 aromatic carbocycles. The van der Waals surface area contributed by atoms with Gasteiger partial charge in [0, 0.05) is 6.54 Å². The summed E-state index contributed by atoms with van der Waals surface area (Å²) in [6, 6.07) is 5.76. The van der Waals surface area contributed by atoms with Crippen LogP contribution < -0.4 is 4.74 Å². The number of benzene rings is 1. The molecule has 0 atom stereocenters. The fourth-order valence-electron chi connectivity index (χ4n) is 1.64. The molecule has 1 aromatic rings. The summed E-state index contributed by atoms with van der Waals surface area (Å²) in [4.78, 5) is 12.9. The molecule has 0 saturated heterocycles. The third kappa shape index (κ3) is 4.75. The molecule has 0 aliphatic rings. The molecule has 0 amide bonds. The number of carbonyl (C=O) groups excluding carboxylic acids is 1. The van der Waals surface area contributed by atoms with Gasteiger partial charge in [-0.15, -0.1) is 0 Å². The van der Waals surface area contributed by atoms with Crippen molar-refractivity contribution in [3.8, 4) is 5.75 Å². The highest BCUT2D eigenvalue weighted by Gasteiger charge is 2.04. The lowest BCUT2D eigenvalue weighted by Gasteiger charge is -2.14. The Labute approximate surface area is 107 Å². The molecule has 0 aliphatic heterocycles. The van der Waals surface area contributed by atoms with Crippen LogP contribution in [0, 0.1) is 0 Å². The first-order chi connectivity index (χ1) is 8.02. The Bertz CT molecular complexity index is 393. The highest BCUT2D eigenvalue weighted by Crippen LogP contribution is 2.25. The monoisotopic (exact) mass is 255 g/mol. The van der Waals surface area contributed by atoms with Gasteiger partial charge in [-0.1, -0.05) is 17.7 Å². The third-order valence-electron chi connectivity index (χ3n) is 2.49. The van der Waals surface area contributed by atoms with Gasteiger partial charge in [-0.25, -0.2) is 0 Å². The molecule has 1 rings (SSSR count). The van der Waals surface area contributed by atoms with E-state index < -0.39 is 0 Å². The van der Waals surface area contributed by atoms with Crippen molar-refractivity contribution in [1.29, 1.82) is 0 Å². The summed E-state index contributed by atoms with van der Waals surface area (Å²) in [7, 11) is 3.54. The van der Waals surface area contributed by atoms with Crippen LogP contribution in [-0.4, -0.2) is 37.9 Å². The summed E-state index contributed by atoms with van der Waals surface area (Å²) >= 11 is 6.04. The summed E-state index contributed by atoms with van der Waals surface area (Å²) in [6.07, 6.45) is 0.869. The molecule has 17 heavy (non-hydrogen) atoms. The number of ketones is 1. The Hall–Kier alpha value is -1.06. The van der Waals surface area contributed by atoms with E-state index in [1.54, 1.807) is 14.0 Å². The maximum absolute atomic E-state index is 10.9. The molecule has 4 heteroatoms. The first kappa shape index (κ1) is 14.0. The molecule has 0 heterocycles. The van der Waals surface area contributed by atoms with Gasteiger partial charge in [-0.3, -0.25) is 9.69 Å². The summed E-state index contributed by atoms with van der Waals surface area (Å²) in [5.74, 6) is 0.868. The quantitative estimate of drug-likeness (QED) is 0.782. The molecule has 0 aliphatic carbocycles. The van der Waals surface area contributed by atoms with E-state index in [4.69, 9.17) is 16.3 Å². The van der Waals surface area contributed by atoms with E-state index >= 15 is 0 Å². The van der Waals surface area contributed by atoms with E-state index in [0.29, 0.717) is 17.3 Å². The van der Waals surface area contributed by atoms with Crippen molar-refractivity contribution in [2.45, 2.75) is 13.3 Å². The van der Waals surface area contributed by atoms with Crippen molar-refractivity contribution in [2.24, 2.45) is 0 Å². The number of methoxy groups -OCH3 is 1. The number of nitrogens with zero attached hydrogens (tertiary/aromatic N) is 1. The van der Waals surface area contributed by atoms with Crippen molar-refractivity contribution in [1.82, 2.24) is 4.90 Å². The smallest absolute Gasteiger partial charge is 0.143 e. The molecule has 0 radical (unpaired) electrons. The zero-order valence-electron chi connectivity index (χ0n) is 10.5. The number of hydrogen-bond acceptors (Lipinski definition) is 3. The van der Waals surface area contributed by atoms with Gasteiger partial charge < -0.3 is 4.74 Å². The van der Waals surface area contributed by atoms with Crippen LogP contribution >= 0.6 is 11.6 Å². The van der Waals surface area contributed by atoms with Gasteiger partial charge in [0.25, 0.3) is 0 Å². The summed E-state index contributed by atoms with van der Waals surface area (Å²) in [5, 5.41) is 0.624. The minimum atomic E-state index is 0.181. The molecular formula is C13H18ClNO2. The number of likely N-dealkylation sites (N-methyl/N-ethyl adjacent to an activating group) is 1. The number of carbonyl (C=O) groups is 1. The van der Waals surface area contributed by atoms with Gasteiger partial charge in [-0.05, 0) is 38.1 Å². The van der Waals surface area contributed by atoms with Crippen molar-refractivity contribution < 1.29 is 9.53 Å². The average molecular weight is 256 g/mol. The SMILES string of the molecule is COc1ccc(CCN(C)CC(C)=O)cc1Cl. The highest BCUT2D eigenvalue weighted by molar-refractivity contribution is 6.32. The van der Waals surface area contributed by atoms with Crippen LogP contribution in [-0.2, 0) is 11.2 Å². The van der Waals surface area contributed by atoms with Crippen molar-refractivity contribution in [3.63, 3.8) is 0 Å². The molecule has 0 spiro atoms. The normalized spacial score (nSPS) is 10.6. The van der Waals surface area contributed by atoms with Gasteiger partial charge in [0.15, 0.2) is 0 Å². The number of hydrogen-bond donors (Lipinski definition) is 0. The minimum Gasteiger partial charge on any atom is -0.495 e. The second-order valence-corrected chi connectivity index (χ2v) is 4.57. The van der Waals surface area contributed by atoms with Crippen molar-refractivity contribution in [2.75, 3.05) is 27.2 Å². The standard InChI is InChI=1S/C13H18ClNO2/c1-10(16)9-15(2)7-6-11-4-5-13(17-3)12(14)8-11/h4-5,8H,6-7,9H2,1-3H3. The Kier molecular flexibility index (Phi) is 5.45. The van der Waals surface area contributed by atoms with Crippen LogP contribution in [0.1, 0.15) is 12.5 Å². The van der Waals surface area contributed by atoms with Gasteiger partial charge >= 0.3 is 0 Å². The van der Waals surface area contributed by atoms with E-state index in [0.717, 1.165) is 18.5 Å². The molecule has 0 bridgehead atoms. The van der Waals surface area contributed by atoms with Crippen LogP contribution in [0.3, 0.4) is 0 Å². The topological polar surface area (TPSA) is 29.5 Å². The molecule has 0 saturated carbocycles. The zero-order valence-corrected chi connectivity index (χ0v) is 11.3. The Morgan fingerprint density at radius 1 is 1.47 bits per heavy atom. The van der Waals surface area contributed by atoms with E-state index in [-0.39, 0.29) is 5.78 Å². The number of halogens is 1. The predicted octanol–water partition coefficient (Wildman–Crippen LogP) is 2.41. The Morgan fingerprint density at radius 3 is 2.71 bits per heavy atom. The fraction of sp³-hybridized carbons (Fsp3) is 0.462. The molecule has 3 nitrogen and oxygen atoms in total. The molecule has 0 fully saturated rings. The number of rotatable bonds is 6. The van der Waals surface area contributed by atoms with E-state index in [1.807, 2.05) is 30.1 Å². The molecule has 0 aromatic heterocycles. The molecular weight excluding hydrogens is 238 g/mol. The Morgan fingerprint density at radius 2 is 2.18 bits per heavy atom. The minimum absolute atomic E-state index is 0.181. The van der Waals surface area contributed by atoms with Crippen molar-refractivity contribution >= 4 is 17.4 Å². The fourth-order valence-corrected chi connectivity index (χ4v) is 1.92. The number of ether oxygens (including phenoxy) is 1. The maximum Gasteiger partial charge on any atom is 0.143 e. The summed E-state index contributed by atoms with van der Waals surface area (Å²) < 4.78 is 5.09. The first-order valence-electron chi connectivity index (χ1n) is 5.53. The van der Waals surface area contributed by atoms with Gasteiger partial charge in [-0.2, -0.15) is 0 Å². The van der Waals surface area contributed by atoms with Crippen LogP contribution in [0.25, 0.3) is 0 Å². The number of Topliss-reactive ketones (excluding diaryl/α,β-unsaturated/α-hetero) is 1.